The van der Waals surface area contributed by atoms with E-state index in [1.165, 1.54) is 0 Å². The van der Waals surface area contributed by atoms with Crippen molar-refractivity contribution in [2.24, 2.45) is 4.99 Å². The van der Waals surface area contributed by atoms with Gasteiger partial charge in [-0.1, -0.05) is 20.8 Å². The molecule has 0 unspecified atom stereocenters. The number of pyridine rings is 1. The molecule has 2 aromatic rings. The third kappa shape index (κ3) is 5.08. The Hall–Kier alpha value is -3.20. The minimum absolute atomic E-state index is 0.0185. The van der Waals surface area contributed by atoms with Crippen molar-refractivity contribution < 1.29 is 9.16 Å². The van der Waals surface area contributed by atoms with Crippen LogP contribution in [0.1, 0.15) is 57.4 Å². The molecule has 7 nitrogen and oxygen atoms in total. The first kappa shape index (κ1) is 24.4. The molecule has 0 bridgehead atoms. The smallest absolute Gasteiger partial charge is 0.207 e. The van der Waals surface area contributed by atoms with E-state index >= 15 is 0 Å². The number of hydrogen-bond donors (Lipinski definition) is 1. The lowest BCUT2D eigenvalue weighted by Gasteiger charge is -2.50. The van der Waals surface area contributed by atoms with Crippen LogP contribution < -0.4 is 10.1 Å². The number of aromatic nitrogens is 1. The summed E-state index contributed by atoms with van der Waals surface area (Å²) in [5.41, 5.74) is 1.33. The molecule has 0 saturated carbocycles. The minimum atomic E-state index is -2.22. The normalized spacial score (nSPS) is 20.1. The van der Waals surface area contributed by atoms with Crippen molar-refractivity contribution in [1.82, 2.24) is 10.3 Å². The van der Waals surface area contributed by atoms with Crippen LogP contribution >= 0.6 is 0 Å². The molecule has 172 valence electrons. The standard InChI is InChI=1S/C25H31N5O2Si/c1-24(2,3)33(6,7)32-22-21(30-23(29-16-27)18-9-8-12-28-15-18)19-13-17(14-26)10-11-20(19)31-25(22,4)5/h8-13,15,21-22H,1-7H3,(H,29,30)/t21-,22+/m0/s1. The van der Waals surface area contributed by atoms with Crippen molar-refractivity contribution >= 4 is 14.2 Å². The molecule has 0 fully saturated rings. The highest BCUT2D eigenvalue weighted by molar-refractivity contribution is 6.74. The first-order valence-electron chi connectivity index (χ1n) is 10.9. The molecular formula is C25H31N5O2Si. The fraction of sp³-hybridized carbons (Fsp3) is 0.440. The summed E-state index contributed by atoms with van der Waals surface area (Å²) in [6, 6.07) is 10.8. The van der Waals surface area contributed by atoms with E-state index in [0.717, 1.165) is 5.56 Å². The van der Waals surface area contributed by atoms with Gasteiger partial charge in [0, 0.05) is 23.5 Å². The van der Waals surface area contributed by atoms with Crippen LogP contribution in [0.4, 0.5) is 0 Å². The minimum Gasteiger partial charge on any atom is -0.485 e. The molecule has 2 heterocycles. The molecule has 0 saturated heterocycles. The molecule has 1 aromatic carbocycles. The summed E-state index contributed by atoms with van der Waals surface area (Å²) in [7, 11) is -2.22. The first-order chi connectivity index (χ1) is 15.4. The average molecular weight is 462 g/mol. The fourth-order valence-corrected chi connectivity index (χ4v) is 5.01. The summed E-state index contributed by atoms with van der Waals surface area (Å²) in [5.74, 6) is 1.07. The lowest BCUT2D eigenvalue weighted by molar-refractivity contribution is -0.0532. The summed E-state index contributed by atoms with van der Waals surface area (Å²) < 4.78 is 13.3. The van der Waals surface area contributed by atoms with Crippen LogP contribution in [-0.4, -0.2) is 30.8 Å². The lowest BCUT2D eigenvalue weighted by atomic mass is 9.85. The summed E-state index contributed by atoms with van der Waals surface area (Å²) in [6.07, 6.45) is 4.82. The second kappa shape index (κ2) is 8.97. The van der Waals surface area contributed by atoms with Crippen molar-refractivity contribution in [1.29, 1.82) is 10.5 Å². The van der Waals surface area contributed by atoms with Gasteiger partial charge >= 0.3 is 0 Å². The van der Waals surface area contributed by atoms with Gasteiger partial charge in [0.2, 0.25) is 6.19 Å². The Bertz CT molecular complexity index is 1120. The van der Waals surface area contributed by atoms with Crippen LogP contribution in [0.3, 0.4) is 0 Å². The molecular weight excluding hydrogens is 430 g/mol. The van der Waals surface area contributed by atoms with Crippen molar-refractivity contribution in [2.75, 3.05) is 0 Å². The zero-order chi connectivity index (χ0) is 24.4. The van der Waals surface area contributed by atoms with Crippen LogP contribution in [0.5, 0.6) is 5.75 Å². The summed E-state index contributed by atoms with van der Waals surface area (Å²) in [6.45, 7) is 15.0. The maximum absolute atomic E-state index is 9.52. The maximum Gasteiger partial charge on any atom is 0.207 e. The second-order valence-electron chi connectivity index (χ2n) is 10.3. The van der Waals surface area contributed by atoms with Gasteiger partial charge in [-0.15, -0.1) is 0 Å². The topological polar surface area (TPSA) is 103 Å². The summed E-state index contributed by atoms with van der Waals surface area (Å²) in [4.78, 5) is 8.22. The van der Waals surface area contributed by atoms with Gasteiger partial charge in [0.15, 0.2) is 8.32 Å². The Balaban J connectivity index is 2.16. The number of fused-ring (bicyclic) bond motifs is 1. The number of benzene rings is 1. The van der Waals surface area contributed by atoms with Crippen LogP contribution in [0.15, 0.2) is 47.7 Å². The Morgan fingerprint density at radius 3 is 2.55 bits per heavy atom. The van der Waals surface area contributed by atoms with Crippen molar-refractivity contribution in [3.8, 4) is 18.0 Å². The highest BCUT2D eigenvalue weighted by Gasteiger charge is 2.50. The Labute approximate surface area is 197 Å². The molecule has 0 aliphatic carbocycles. The van der Waals surface area contributed by atoms with Crippen LogP contribution in [0.2, 0.25) is 18.1 Å². The molecule has 1 N–H and O–H groups in total. The summed E-state index contributed by atoms with van der Waals surface area (Å²) in [5, 5.41) is 22.3. The number of aliphatic imine (C=N–C) groups is 1. The Morgan fingerprint density at radius 1 is 1.24 bits per heavy atom. The molecule has 0 radical (unpaired) electrons. The summed E-state index contributed by atoms with van der Waals surface area (Å²) >= 11 is 0. The van der Waals surface area contributed by atoms with Crippen LogP contribution in [0.25, 0.3) is 0 Å². The molecule has 1 aliphatic heterocycles. The number of nitrogens with zero attached hydrogens (tertiary/aromatic N) is 4. The van der Waals surface area contributed by atoms with Gasteiger partial charge in [-0.2, -0.15) is 15.5 Å². The third-order valence-corrected chi connectivity index (χ3v) is 10.9. The Morgan fingerprint density at radius 2 is 1.97 bits per heavy atom. The highest BCUT2D eigenvalue weighted by Crippen LogP contribution is 2.46. The number of ether oxygens (including phenoxy) is 1. The molecule has 1 aromatic heterocycles. The van der Waals surface area contributed by atoms with Gasteiger partial charge in [-0.3, -0.25) is 4.98 Å². The van der Waals surface area contributed by atoms with E-state index in [0.29, 0.717) is 22.7 Å². The number of nitriles is 2. The van der Waals surface area contributed by atoms with Gasteiger partial charge < -0.3 is 14.5 Å². The van der Waals surface area contributed by atoms with Gasteiger partial charge in [0.05, 0.1) is 17.7 Å². The molecule has 3 rings (SSSR count). The first-order valence-corrected chi connectivity index (χ1v) is 13.8. The van der Waals surface area contributed by atoms with E-state index in [-0.39, 0.29) is 5.04 Å². The van der Waals surface area contributed by atoms with Crippen molar-refractivity contribution in [3.63, 3.8) is 0 Å². The molecule has 33 heavy (non-hydrogen) atoms. The predicted molar refractivity (Wildman–Crippen MR) is 130 cm³/mol. The van der Waals surface area contributed by atoms with Crippen molar-refractivity contribution in [3.05, 3.63) is 59.4 Å². The third-order valence-electron chi connectivity index (χ3n) is 6.45. The molecule has 8 heteroatoms. The SMILES string of the molecule is CC1(C)Oc2ccc(C#N)cc2[C@H](N/C(=N/C#N)c2cccnc2)[C@H]1O[Si](C)(C)C(C)(C)C. The quantitative estimate of drug-likeness (QED) is 0.295. The number of amidine groups is 1. The van der Waals surface area contributed by atoms with Gasteiger partial charge in [0.25, 0.3) is 0 Å². The molecule has 2 atom stereocenters. The van der Waals surface area contributed by atoms with Gasteiger partial charge in [0.1, 0.15) is 23.3 Å². The zero-order valence-electron chi connectivity index (χ0n) is 20.3. The number of hydrogen-bond acceptors (Lipinski definition) is 6. The van der Waals surface area contributed by atoms with Crippen LogP contribution in [0, 0.1) is 22.8 Å². The van der Waals surface area contributed by atoms with Crippen molar-refractivity contribution in [2.45, 2.75) is 70.5 Å². The van der Waals surface area contributed by atoms with Gasteiger partial charge in [-0.05, 0) is 62.3 Å². The van der Waals surface area contributed by atoms with E-state index < -0.39 is 26.1 Å². The van der Waals surface area contributed by atoms with E-state index in [1.807, 2.05) is 38.2 Å². The number of nitrogens with one attached hydrogen (secondary N) is 1. The molecule has 0 amide bonds. The number of rotatable bonds is 4. The molecule has 1 aliphatic rings. The monoisotopic (exact) mass is 461 g/mol. The Kier molecular flexibility index (Phi) is 6.65. The largest absolute Gasteiger partial charge is 0.485 e. The second-order valence-corrected chi connectivity index (χ2v) is 15.0. The van der Waals surface area contributed by atoms with Crippen LogP contribution in [-0.2, 0) is 4.43 Å². The highest BCUT2D eigenvalue weighted by atomic mass is 28.4. The predicted octanol–water partition coefficient (Wildman–Crippen LogP) is 5.07. The lowest BCUT2D eigenvalue weighted by Crippen LogP contribution is -2.59. The van der Waals surface area contributed by atoms with Gasteiger partial charge in [-0.25, -0.2) is 0 Å². The van der Waals surface area contributed by atoms with E-state index in [9.17, 15) is 10.5 Å². The molecule has 0 spiro atoms. The van der Waals surface area contributed by atoms with E-state index in [4.69, 9.17) is 9.16 Å². The average Bonchev–Trinajstić information content (AvgIpc) is 2.74. The fourth-order valence-electron chi connectivity index (χ4n) is 3.60. The van der Waals surface area contributed by atoms with E-state index in [1.54, 1.807) is 24.5 Å². The van der Waals surface area contributed by atoms with E-state index in [2.05, 4.69) is 55.2 Å². The maximum atomic E-state index is 9.52. The zero-order valence-corrected chi connectivity index (χ0v) is 21.3.